The van der Waals surface area contributed by atoms with Crippen molar-refractivity contribution in [1.82, 2.24) is 4.98 Å². The van der Waals surface area contributed by atoms with Gasteiger partial charge in [0.1, 0.15) is 5.69 Å². The Morgan fingerprint density at radius 1 is 1.10 bits per heavy atom. The molecule has 104 valence electrons. The van der Waals surface area contributed by atoms with E-state index in [4.69, 9.17) is 5.73 Å². The van der Waals surface area contributed by atoms with Crippen LogP contribution in [-0.2, 0) is 0 Å². The summed E-state index contributed by atoms with van der Waals surface area (Å²) in [4.78, 5) is 16.6. The minimum atomic E-state index is -0.267. The summed E-state index contributed by atoms with van der Waals surface area (Å²) in [7, 11) is 0. The molecule has 0 saturated heterocycles. The van der Waals surface area contributed by atoms with Gasteiger partial charge in [0.15, 0.2) is 0 Å². The van der Waals surface area contributed by atoms with Gasteiger partial charge in [-0.05, 0) is 31.2 Å². The van der Waals surface area contributed by atoms with E-state index < -0.39 is 0 Å². The van der Waals surface area contributed by atoms with Crippen LogP contribution >= 0.6 is 0 Å². The zero-order valence-corrected chi connectivity index (χ0v) is 11.6. The van der Waals surface area contributed by atoms with E-state index in [0.717, 1.165) is 16.6 Å². The SMILES string of the molecule is Cc1ccc(NC(=O)c2cc(N)c3ccccc3n2)cc1. The van der Waals surface area contributed by atoms with Gasteiger partial charge >= 0.3 is 0 Å². The van der Waals surface area contributed by atoms with Gasteiger partial charge in [0.05, 0.1) is 5.52 Å². The maximum absolute atomic E-state index is 12.3. The summed E-state index contributed by atoms with van der Waals surface area (Å²) in [5.41, 5.74) is 9.44. The molecule has 0 aliphatic carbocycles. The van der Waals surface area contributed by atoms with Gasteiger partial charge in [0, 0.05) is 16.8 Å². The number of benzene rings is 2. The Kier molecular flexibility index (Phi) is 3.28. The van der Waals surface area contributed by atoms with Gasteiger partial charge < -0.3 is 11.1 Å². The highest BCUT2D eigenvalue weighted by Crippen LogP contribution is 2.20. The van der Waals surface area contributed by atoms with Crippen molar-refractivity contribution in [1.29, 1.82) is 0 Å². The van der Waals surface area contributed by atoms with E-state index in [1.54, 1.807) is 6.07 Å². The van der Waals surface area contributed by atoms with Crippen LogP contribution in [0.2, 0.25) is 0 Å². The summed E-state index contributed by atoms with van der Waals surface area (Å²) in [6.45, 7) is 2.00. The number of nitrogens with one attached hydrogen (secondary N) is 1. The van der Waals surface area contributed by atoms with Gasteiger partial charge in [0.2, 0.25) is 0 Å². The smallest absolute Gasteiger partial charge is 0.274 e. The van der Waals surface area contributed by atoms with Gasteiger partial charge in [-0.15, -0.1) is 0 Å². The summed E-state index contributed by atoms with van der Waals surface area (Å²) in [6.07, 6.45) is 0. The number of carbonyl (C=O) groups is 1. The number of pyridine rings is 1. The molecule has 21 heavy (non-hydrogen) atoms. The average molecular weight is 277 g/mol. The minimum Gasteiger partial charge on any atom is -0.398 e. The predicted octanol–water partition coefficient (Wildman–Crippen LogP) is 3.38. The summed E-state index contributed by atoms with van der Waals surface area (Å²) >= 11 is 0. The Morgan fingerprint density at radius 2 is 1.81 bits per heavy atom. The topological polar surface area (TPSA) is 68.0 Å². The van der Waals surface area contributed by atoms with Gasteiger partial charge in [-0.2, -0.15) is 0 Å². The number of carbonyl (C=O) groups excluding carboxylic acids is 1. The lowest BCUT2D eigenvalue weighted by atomic mass is 10.1. The molecule has 2 aromatic carbocycles. The van der Waals surface area contributed by atoms with Crippen molar-refractivity contribution in [2.75, 3.05) is 11.1 Å². The quantitative estimate of drug-likeness (QED) is 0.754. The standard InChI is InChI=1S/C17H15N3O/c1-11-6-8-12(9-7-11)19-17(21)16-10-14(18)13-4-2-3-5-15(13)20-16/h2-10H,1H3,(H2,18,20)(H,19,21). The first-order valence-electron chi connectivity index (χ1n) is 6.67. The largest absolute Gasteiger partial charge is 0.398 e. The maximum atomic E-state index is 12.3. The lowest BCUT2D eigenvalue weighted by Gasteiger charge is -2.07. The number of rotatable bonds is 2. The number of hydrogen-bond donors (Lipinski definition) is 2. The normalized spacial score (nSPS) is 10.5. The van der Waals surface area contributed by atoms with Crippen molar-refractivity contribution in [2.24, 2.45) is 0 Å². The summed E-state index contributed by atoms with van der Waals surface area (Å²) < 4.78 is 0. The minimum absolute atomic E-state index is 0.267. The molecular formula is C17H15N3O. The van der Waals surface area contributed by atoms with E-state index >= 15 is 0 Å². The predicted molar refractivity (Wildman–Crippen MR) is 85.3 cm³/mol. The van der Waals surface area contributed by atoms with Crippen LogP contribution in [0.1, 0.15) is 16.1 Å². The average Bonchev–Trinajstić information content (AvgIpc) is 2.49. The highest BCUT2D eigenvalue weighted by Gasteiger charge is 2.10. The fraction of sp³-hybridized carbons (Fsp3) is 0.0588. The van der Waals surface area contributed by atoms with Gasteiger partial charge in [-0.25, -0.2) is 4.98 Å². The molecule has 0 atom stereocenters. The highest BCUT2D eigenvalue weighted by atomic mass is 16.1. The van der Waals surface area contributed by atoms with Crippen LogP contribution in [0.3, 0.4) is 0 Å². The van der Waals surface area contributed by atoms with Gasteiger partial charge in [-0.3, -0.25) is 4.79 Å². The first-order valence-corrected chi connectivity index (χ1v) is 6.67. The van der Waals surface area contributed by atoms with Gasteiger partial charge in [-0.1, -0.05) is 35.9 Å². The molecule has 1 aromatic heterocycles. The number of aromatic nitrogens is 1. The molecule has 0 bridgehead atoms. The lowest BCUT2D eigenvalue weighted by Crippen LogP contribution is -2.14. The number of para-hydroxylation sites is 1. The Morgan fingerprint density at radius 3 is 2.57 bits per heavy atom. The molecule has 3 N–H and O–H groups in total. The highest BCUT2D eigenvalue weighted by molar-refractivity contribution is 6.05. The molecule has 0 saturated carbocycles. The second-order valence-electron chi connectivity index (χ2n) is 4.93. The van der Waals surface area contributed by atoms with Crippen LogP contribution in [0.5, 0.6) is 0 Å². The van der Waals surface area contributed by atoms with Crippen molar-refractivity contribution in [3.63, 3.8) is 0 Å². The van der Waals surface area contributed by atoms with Crippen LogP contribution < -0.4 is 11.1 Å². The molecule has 1 amide bonds. The second kappa shape index (κ2) is 5.25. The van der Waals surface area contributed by atoms with Crippen LogP contribution in [0.25, 0.3) is 10.9 Å². The number of aryl methyl sites for hydroxylation is 1. The third-order valence-corrected chi connectivity index (χ3v) is 3.29. The first-order chi connectivity index (χ1) is 10.1. The van der Waals surface area contributed by atoms with Crippen molar-refractivity contribution in [2.45, 2.75) is 6.92 Å². The molecule has 0 radical (unpaired) electrons. The van der Waals surface area contributed by atoms with Gasteiger partial charge in [0.25, 0.3) is 5.91 Å². The molecule has 0 aliphatic heterocycles. The molecule has 0 aliphatic rings. The van der Waals surface area contributed by atoms with Crippen molar-refractivity contribution in [3.8, 4) is 0 Å². The van der Waals surface area contributed by atoms with Crippen LogP contribution in [0.4, 0.5) is 11.4 Å². The van der Waals surface area contributed by atoms with Crippen molar-refractivity contribution < 1.29 is 4.79 Å². The summed E-state index contributed by atoms with van der Waals surface area (Å²) in [5.74, 6) is -0.267. The van der Waals surface area contributed by atoms with E-state index in [1.165, 1.54) is 0 Å². The molecule has 4 heteroatoms. The fourth-order valence-corrected chi connectivity index (χ4v) is 2.15. The van der Waals surface area contributed by atoms with Crippen LogP contribution in [0, 0.1) is 6.92 Å². The molecule has 0 unspecified atom stereocenters. The van der Waals surface area contributed by atoms with E-state index in [9.17, 15) is 4.79 Å². The first kappa shape index (κ1) is 13.1. The molecule has 3 aromatic rings. The fourth-order valence-electron chi connectivity index (χ4n) is 2.15. The molecule has 1 heterocycles. The summed E-state index contributed by atoms with van der Waals surface area (Å²) in [5, 5.41) is 3.67. The Hall–Kier alpha value is -2.88. The van der Waals surface area contributed by atoms with Crippen molar-refractivity contribution in [3.05, 3.63) is 65.9 Å². The van der Waals surface area contributed by atoms with Crippen molar-refractivity contribution >= 4 is 28.2 Å². The maximum Gasteiger partial charge on any atom is 0.274 e. The number of amides is 1. The van der Waals surface area contributed by atoms with E-state index in [2.05, 4.69) is 10.3 Å². The zero-order chi connectivity index (χ0) is 14.8. The number of fused-ring (bicyclic) bond motifs is 1. The Bertz CT molecular complexity index is 810. The number of anilines is 2. The number of nitrogens with two attached hydrogens (primary N) is 1. The van der Waals surface area contributed by atoms with E-state index in [-0.39, 0.29) is 5.91 Å². The van der Waals surface area contributed by atoms with Crippen LogP contribution in [0.15, 0.2) is 54.6 Å². The zero-order valence-electron chi connectivity index (χ0n) is 11.6. The van der Waals surface area contributed by atoms with E-state index in [1.807, 2.05) is 55.5 Å². The number of nitrogens with zero attached hydrogens (tertiary/aromatic N) is 1. The summed E-state index contributed by atoms with van der Waals surface area (Å²) in [6, 6.07) is 16.7. The third-order valence-electron chi connectivity index (χ3n) is 3.29. The molecule has 4 nitrogen and oxygen atoms in total. The third kappa shape index (κ3) is 2.69. The molecule has 3 rings (SSSR count). The number of nitrogen functional groups attached to an aromatic ring is 1. The monoisotopic (exact) mass is 277 g/mol. The van der Waals surface area contributed by atoms with Crippen LogP contribution in [-0.4, -0.2) is 10.9 Å². The Balaban J connectivity index is 1.92. The molecular weight excluding hydrogens is 262 g/mol. The molecule has 0 fully saturated rings. The number of hydrogen-bond acceptors (Lipinski definition) is 3. The molecule has 0 spiro atoms. The Labute approximate surface area is 122 Å². The van der Waals surface area contributed by atoms with E-state index in [0.29, 0.717) is 16.9 Å². The lowest BCUT2D eigenvalue weighted by molar-refractivity contribution is 0.102. The second-order valence-corrected chi connectivity index (χ2v) is 4.93.